The molecule has 1 aromatic heterocycles. The summed E-state index contributed by atoms with van der Waals surface area (Å²) < 4.78 is 0. The quantitative estimate of drug-likeness (QED) is 0.606. The summed E-state index contributed by atoms with van der Waals surface area (Å²) in [6.07, 6.45) is 1.61. The first-order valence-corrected chi connectivity index (χ1v) is 3.92. The fourth-order valence-corrected chi connectivity index (χ4v) is 1.44. The molecule has 2 rings (SSSR count). The first-order chi connectivity index (χ1) is 5.29. The lowest BCUT2D eigenvalue weighted by molar-refractivity contribution is 1.33. The van der Waals surface area contributed by atoms with Crippen LogP contribution in [-0.2, 0) is 0 Å². The number of benzene rings is 1. The van der Waals surface area contributed by atoms with Crippen molar-refractivity contribution in [3.05, 3.63) is 23.5 Å². The van der Waals surface area contributed by atoms with E-state index in [0.29, 0.717) is 5.02 Å². The zero-order valence-corrected chi connectivity index (χ0v) is 7.15. The van der Waals surface area contributed by atoms with Gasteiger partial charge >= 0.3 is 0 Å². The Morgan fingerprint density at radius 3 is 3.00 bits per heavy atom. The van der Waals surface area contributed by atoms with E-state index in [9.17, 15) is 0 Å². The molecule has 0 aliphatic rings. The molecular weight excluding hydrogens is 180 g/mol. The Bertz CT molecular complexity index is 360. The van der Waals surface area contributed by atoms with Crippen LogP contribution in [0.25, 0.3) is 11.0 Å². The largest absolute Gasteiger partial charge is 0.344 e. The van der Waals surface area contributed by atoms with E-state index in [1.165, 1.54) is 0 Å². The Hall–Kier alpha value is -0.670. The number of aromatic nitrogens is 2. The lowest BCUT2D eigenvalue weighted by Crippen LogP contribution is -1.73. The van der Waals surface area contributed by atoms with Gasteiger partial charge in [0, 0.05) is 4.90 Å². The highest BCUT2D eigenvalue weighted by atomic mass is 35.5. The summed E-state index contributed by atoms with van der Waals surface area (Å²) in [5.74, 6) is 0. The maximum absolute atomic E-state index is 5.85. The van der Waals surface area contributed by atoms with Crippen LogP contribution < -0.4 is 0 Å². The van der Waals surface area contributed by atoms with E-state index >= 15 is 0 Å². The molecule has 2 aromatic rings. The lowest BCUT2D eigenvalue weighted by Gasteiger charge is -1.94. The number of hydrogen-bond acceptors (Lipinski definition) is 2. The van der Waals surface area contributed by atoms with Crippen molar-refractivity contribution in [3.63, 3.8) is 0 Å². The molecule has 1 heterocycles. The summed E-state index contributed by atoms with van der Waals surface area (Å²) >= 11 is 10.1. The fraction of sp³-hybridized carbons (Fsp3) is 0. The Balaban J connectivity index is 2.96. The Labute approximate surface area is 74.0 Å². The van der Waals surface area contributed by atoms with E-state index in [4.69, 9.17) is 11.6 Å². The predicted octanol–water partition coefficient (Wildman–Crippen LogP) is 2.50. The molecule has 0 radical (unpaired) electrons. The Morgan fingerprint density at radius 2 is 2.27 bits per heavy atom. The van der Waals surface area contributed by atoms with Crippen LogP contribution in [0.4, 0.5) is 0 Å². The number of aromatic amines is 1. The van der Waals surface area contributed by atoms with Gasteiger partial charge in [0.15, 0.2) is 0 Å². The van der Waals surface area contributed by atoms with Crippen LogP contribution in [0.1, 0.15) is 0 Å². The Kier molecular flexibility index (Phi) is 1.55. The molecule has 0 bridgehead atoms. The molecule has 4 heteroatoms. The molecule has 11 heavy (non-hydrogen) atoms. The van der Waals surface area contributed by atoms with Crippen molar-refractivity contribution in [2.75, 3.05) is 0 Å². The smallest absolute Gasteiger partial charge is 0.108 e. The van der Waals surface area contributed by atoms with Crippen LogP contribution in [0.5, 0.6) is 0 Å². The summed E-state index contributed by atoms with van der Waals surface area (Å²) in [6.45, 7) is 0. The van der Waals surface area contributed by atoms with E-state index < -0.39 is 0 Å². The van der Waals surface area contributed by atoms with Crippen LogP contribution in [0.15, 0.2) is 23.4 Å². The summed E-state index contributed by atoms with van der Waals surface area (Å²) in [5.41, 5.74) is 1.67. The van der Waals surface area contributed by atoms with Crippen molar-refractivity contribution >= 4 is 35.3 Å². The highest BCUT2D eigenvalue weighted by Gasteiger charge is 2.02. The van der Waals surface area contributed by atoms with Gasteiger partial charge in [0.05, 0.1) is 16.9 Å². The third-order valence-corrected chi connectivity index (χ3v) is 2.19. The molecule has 1 aromatic carbocycles. The number of nitrogens with one attached hydrogen (secondary N) is 1. The van der Waals surface area contributed by atoms with Gasteiger partial charge < -0.3 is 4.98 Å². The summed E-state index contributed by atoms with van der Waals surface area (Å²) in [4.78, 5) is 7.86. The molecule has 0 saturated carbocycles. The van der Waals surface area contributed by atoms with Gasteiger partial charge in [0.25, 0.3) is 0 Å². The third kappa shape index (κ3) is 1.01. The average Bonchev–Trinajstić information content (AvgIpc) is 2.45. The third-order valence-electron chi connectivity index (χ3n) is 1.51. The second-order valence-corrected chi connectivity index (χ2v) is 3.08. The minimum atomic E-state index is 0.652. The molecule has 1 N–H and O–H groups in total. The van der Waals surface area contributed by atoms with Gasteiger partial charge in [-0.25, -0.2) is 4.98 Å². The second kappa shape index (κ2) is 2.43. The van der Waals surface area contributed by atoms with Gasteiger partial charge in [-0.15, -0.1) is 12.6 Å². The predicted molar refractivity (Wildman–Crippen MR) is 48.4 cm³/mol. The molecular formula is C7H5ClN2S. The number of thiol groups is 1. The maximum Gasteiger partial charge on any atom is 0.108 e. The number of imidazole rings is 1. The molecule has 56 valence electrons. The number of rotatable bonds is 0. The highest BCUT2D eigenvalue weighted by molar-refractivity contribution is 7.80. The number of hydrogen-bond donors (Lipinski definition) is 2. The zero-order valence-electron chi connectivity index (χ0n) is 5.50. The number of nitrogens with zero attached hydrogens (tertiary/aromatic N) is 1. The first kappa shape index (κ1) is 7.00. The summed E-state index contributed by atoms with van der Waals surface area (Å²) in [5, 5.41) is 0.652. The van der Waals surface area contributed by atoms with Crippen LogP contribution in [0.3, 0.4) is 0 Å². The number of halogens is 1. The topological polar surface area (TPSA) is 28.7 Å². The van der Waals surface area contributed by atoms with E-state index in [2.05, 4.69) is 22.6 Å². The first-order valence-electron chi connectivity index (χ1n) is 3.09. The van der Waals surface area contributed by atoms with Gasteiger partial charge in [0.2, 0.25) is 0 Å². The molecule has 0 amide bonds. The normalized spacial score (nSPS) is 10.7. The van der Waals surface area contributed by atoms with Crippen molar-refractivity contribution in [2.45, 2.75) is 4.90 Å². The highest BCUT2D eigenvalue weighted by Crippen LogP contribution is 2.24. The molecule has 0 aliphatic carbocycles. The minimum absolute atomic E-state index is 0.652. The minimum Gasteiger partial charge on any atom is -0.344 e. The van der Waals surface area contributed by atoms with Crippen LogP contribution in [0, 0.1) is 0 Å². The fourth-order valence-electron chi connectivity index (χ4n) is 0.985. The average molecular weight is 185 g/mol. The number of H-pyrrole nitrogens is 1. The second-order valence-electron chi connectivity index (χ2n) is 2.19. The SMILES string of the molecule is Sc1ccc(Cl)c2nc[nH]c12. The van der Waals surface area contributed by atoms with Crippen molar-refractivity contribution < 1.29 is 0 Å². The molecule has 0 aliphatic heterocycles. The molecule has 0 unspecified atom stereocenters. The van der Waals surface area contributed by atoms with E-state index in [0.717, 1.165) is 15.9 Å². The van der Waals surface area contributed by atoms with E-state index in [-0.39, 0.29) is 0 Å². The van der Waals surface area contributed by atoms with E-state index in [1.807, 2.05) is 6.07 Å². The van der Waals surface area contributed by atoms with Crippen molar-refractivity contribution in [1.82, 2.24) is 9.97 Å². The van der Waals surface area contributed by atoms with Crippen LogP contribution >= 0.6 is 24.2 Å². The van der Waals surface area contributed by atoms with Gasteiger partial charge in [-0.05, 0) is 12.1 Å². The molecule has 0 saturated heterocycles. The lowest BCUT2D eigenvalue weighted by atomic mass is 10.3. The van der Waals surface area contributed by atoms with Crippen molar-refractivity contribution in [1.29, 1.82) is 0 Å². The molecule has 0 atom stereocenters. The van der Waals surface area contributed by atoms with Gasteiger partial charge in [-0.3, -0.25) is 0 Å². The maximum atomic E-state index is 5.85. The van der Waals surface area contributed by atoms with Gasteiger partial charge in [-0.1, -0.05) is 11.6 Å². The van der Waals surface area contributed by atoms with Gasteiger partial charge in [0.1, 0.15) is 5.52 Å². The summed E-state index contributed by atoms with van der Waals surface area (Å²) in [7, 11) is 0. The van der Waals surface area contributed by atoms with Gasteiger partial charge in [-0.2, -0.15) is 0 Å². The zero-order chi connectivity index (χ0) is 7.84. The van der Waals surface area contributed by atoms with Crippen molar-refractivity contribution in [3.8, 4) is 0 Å². The molecule has 2 nitrogen and oxygen atoms in total. The standard InChI is InChI=1S/C7H5ClN2S/c8-4-1-2-5(11)7-6(4)9-3-10-7/h1-3,11H,(H,9,10). The molecule has 0 spiro atoms. The van der Waals surface area contributed by atoms with E-state index in [1.54, 1.807) is 12.4 Å². The summed E-state index contributed by atoms with van der Waals surface area (Å²) in [6, 6.07) is 3.62. The van der Waals surface area contributed by atoms with Crippen molar-refractivity contribution in [2.24, 2.45) is 0 Å². The number of fused-ring (bicyclic) bond motifs is 1. The van der Waals surface area contributed by atoms with Crippen LogP contribution in [0.2, 0.25) is 5.02 Å². The van der Waals surface area contributed by atoms with Crippen LogP contribution in [-0.4, -0.2) is 9.97 Å². The Morgan fingerprint density at radius 1 is 1.45 bits per heavy atom. The monoisotopic (exact) mass is 184 g/mol. The molecule has 0 fully saturated rings.